The lowest BCUT2D eigenvalue weighted by atomic mass is 10.2. The third kappa shape index (κ3) is 5.24. The SMILES string of the molecule is CCNC(=NCC1CN(C)CCO1)Nc1ccc2c(c1)OCCCO2. The van der Waals surface area contributed by atoms with Gasteiger partial charge in [0.05, 0.1) is 32.5 Å². The van der Waals surface area contributed by atoms with Crippen molar-refractivity contribution < 1.29 is 14.2 Å². The van der Waals surface area contributed by atoms with Gasteiger partial charge in [-0.15, -0.1) is 0 Å². The van der Waals surface area contributed by atoms with E-state index in [1.165, 1.54) is 0 Å². The van der Waals surface area contributed by atoms with E-state index in [1.807, 2.05) is 18.2 Å². The zero-order chi connectivity index (χ0) is 17.5. The summed E-state index contributed by atoms with van der Waals surface area (Å²) in [6.07, 6.45) is 1.04. The van der Waals surface area contributed by atoms with Gasteiger partial charge in [0.2, 0.25) is 0 Å². The molecule has 0 bridgehead atoms. The Morgan fingerprint density at radius 1 is 1.24 bits per heavy atom. The number of aliphatic imine (C=N–C) groups is 1. The molecule has 2 N–H and O–H groups in total. The summed E-state index contributed by atoms with van der Waals surface area (Å²) in [7, 11) is 2.11. The molecule has 0 saturated carbocycles. The second kappa shape index (κ2) is 8.92. The maximum Gasteiger partial charge on any atom is 0.195 e. The third-order valence-electron chi connectivity index (χ3n) is 4.15. The first-order chi connectivity index (χ1) is 12.2. The highest BCUT2D eigenvalue weighted by Crippen LogP contribution is 2.32. The van der Waals surface area contributed by atoms with E-state index in [-0.39, 0.29) is 6.10 Å². The topological polar surface area (TPSA) is 67.4 Å². The van der Waals surface area contributed by atoms with Crippen LogP contribution in [0.3, 0.4) is 0 Å². The van der Waals surface area contributed by atoms with Gasteiger partial charge < -0.3 is 29.7 Å². The first-order valence-corrected chi connectivity index (χ1v) is 8.99. The number of ether oxygens (including phenoxy) is 3. The van der Waals surface area contributed by atoms with Gasteiger partial charge in [-0.05, 0) is 26.1 Å². The molecule has 25 heavy (non-hydrogen) atoms. The molecule has 1 unspecified atom stereocenters. The molecule has 3 rings (SSSR count). The molecule has 1 saturated heterocycles. The van der Waals surface area contributed by atoms with Gasteiger partial charge >= 0.3 is 0 Å². The van der Waals surface area contributed by atoms with Gasteiger partial charge in [0.25, 0.3) is 0 Å². The number of guanidine groups is 1. The highest BCUT2D eigenvalue weighted by molar-refractivity contribution is 5.93. The summed E-state index contributed by atoms with van der Waals surface area (Å²) < 4.78 is 17.2. The molecule has 7 heteroatoms. The van der Waals surface area contributed by atoms with Crippen molar-refractivity contribution in [2.45, 2.75) is 19.4 Å². The number of nitrogens with zero attached hydrogens (tertiary/aromatic N) is 2. The van der Waals surface area contributed by atoms with Gasteiger partial charge in [-0.25, -0.2) is 0 Å². The Bertz CT molecular complexity index is 594. The molecule has 0 amide bonds. The van der Waals surface area contributed by atoms with Crippen LogP contribution in [0.5, 0.6) is 11.5 Å². The number of hydrogen-bond donors (Lipinski definition) is 2. The Morgan fingerprint density at radius 2 is 2.08 bits per heavy atom. The predicted molar refractivity (Wildman–Crippen MR) is 98.9 cm³/mol. The average molecular weight is 348 g/mol. The van der Waals surface area contributed by atoms with E-state index < -0.39 is 0 Å². The normalized spacial score (nSPS) is 21.5. The number of hydrogen-bond acceptors (Lipinski definition) is 5. The van der Waals surface area contributed by atoms with E-state index >= 15 is 0 Å². The molecular formula is C18H28N4O3. The summed E-state index contributed by atoms with van der Waals surface area (Å²) in [6.45, 7) is 7.50. The Kier molecular flexibility index (Phi) is 6.36. The second-order valence-corrected chi connectivity index (χ2v) is 6.31. The number of morpholine rings is 1. The fraction of sp³-hybridized carbons (Fsp3) is 0.611. The molecule has 7 nitrogen and oxygen atoms in total. The minimum Gasteiger partial charge on any atom is -0.490 e. The van der Waals surface area contributed by atoms with Crippen molar-refractivity contribution in [1.29, 1.82) is 0 Å². The molecule has 138 valence electrons. The molecule has 0 spiro atoms. The molecule has 0 radical (unpaired) electrons. The maximum absolute atomic E-state index is 5.77. The van der Waals surface area contributed by atoms with Crippen molar-refractivity contribution in [3.8, 4) is 11.5 Å². The summed E-state index contributed by atoms with van der Waals surface area (Å²) in [6, 6.07) is 5.87. The van der Waals surface area contributed by atoms with E-state index in [2.05, 4.69) is 34.5 Å². The number of nitrogens with one attached hydrogen (secondary N) is 2. The lowest BCUT2D eigenvalue weighted by molar-refractivity contribution is -0.0136. The van der Waals surface area contributed by atoms with Crippen molar-refractivity contribution in [1.82, 2.24) is 10.2 Å². The van der Waals surface area contributed by atoms with Gasteiger partial charge in [-0.2, -0.15) is 0 Å². The minimum absolute atomic E-state index is 0.137. The van der Waals surface area contributed by atoms with Crippen LogP contribution in [-0.4, -0.2) is 70.0 Å². The smallest absolute Gasteiger partial charge is 0.195 e. The zero-order valence-electron chi connectivity index (χ0n) is 15.1. The molecule has 1 aromatic rings. The number of fused-ring (bicyclic) bond motifs is 1. The van der Waals surface area contributed by atoms with Crippen LogP contribution >= 0.6 is 0 Å². The van der Waals surface area contributed by atoms with Crippen LogP contribution in [0.2, 0.25) is 0 Å². The van der Waals surface area contributed by atoms with Crippen LogP contribution in [-0.2, 0) is 4.74 Å². The van der Waals surface area contributed by atoms with Crippen molar-refractivity contribution in [2.75, 3.05) is 58.4 Å². The monoisotopic (exact) mass is 348 g/mol. The van der Waals surface area contributed by atoms with E-state index in [1.54, 1.807) is 0 Å². The molecule has 1 aromatic carbocycles. The molecular weight excluding hydrogens is 320 g/mol. The Labute approximate surface area is 149 Å². The average Bonchev–Trinajstić information content (AvgIpc) is 2.85. The van der Waals surface area contributed by atoms with Crippen LogP contribution in [0.1, 0.15) is 13.3 Å². The van der Waals surface area contributed by atoms with E-state index in [0.29, 0.717) is 19.8 Å². The minimum atomic E-state index is 0.137. The fourth-order valence-corrected chi connectivity index (χ4v) is 2.86. The molecule has 1 atom stereocenters. The second-order valence-electron chi connectivity index (χ2n) is 6.31. The summed E-state index contributed by atoms with van der Waals surface area (Å²) in [5, 5.41) is 6.61. The molecule has 0 aromatic heterocycles. The van der Waals surface area contributed by atoms with Gasteiger partial charge in [0.15, 0.2) is 17.5 Å². The van der Waals surface area contributed by atoms with Crippen molar-refractivity contribution in [3.05, 3.63) is 18.2 Å². The quantitative estimate of drug-likeness (QED) is 0.636. The Hall–Kier alpha value is -1.99. The van der Waals surface area contributed by atoms with Crippen LogP contribution in [0.25, 0.3) is 0 Å². The van der Waals surface area contributed by atoms with Crippen LogP contribution in [0.15, 0.2) is 23.2 Å². The van der Waals surface area contributed by atoms with Gasteiger partial charge in [0, 0.05) is 37.8 Å². The summed E-state index contributed by atoms with van der Waals surface area (Å²) >= 11 is 0. The molecule has 1 fully saturated rings. The van der Waals surface area contributed by atoms with Crippen molar-refractivity contribution in [3.63, 3.8) is 0 Å². The van der Waals surface area contributed by atoms with Gasteiger partial charge in [-0.3, -0.25) is 4.99 Å². The summed E-state index contributed by atoms with van der Waals surface area (Å²) in [5.74, 6) is 2.31. The summed E-state index contributed by atoms with van der Waals surface area (Å²) in [5.41, 5.74) is 0.922. The molecule has 2 aliphatic heterocycles. The standard InChI is InChI=1S/C18H28N4O3/c1-3-19-18(20-12-15-13-22(2)7-10-23-15)21-14-5-6-16-17(11-14)25-9-4-8-24-16/h5-6,11,15H,3-4,7-10,12-13H2,1-2H3,(H2,19,20,21). The van der Waals surface area contributed by atoms with E-state index in [0.717, 1.165) is 55.8 Å². The van der Waals surface area contributed by atoms with E-state index in [4.69, 9.17) is 14.2 Å². The third-order valence-corrected chi connectivity index (χ3v) is 4.15. The van der Waals surface area contributed by atoms with Crippen LogP contribution in [0, 0.1) is 0 Å². The lowest BCUT2D eigenvalue weighted by Crippen LogP contribution is -2.42. The molecule has 0 aliphatic carbocycles. The lowest BCUT2D eigenvalue weighted by Gasteiger charge is -2.29. The van der Waals surface area contributed by atoms with Crippen LogP contribution in [0.4, 0.5) is 5.69 Å². The summed E-state index contributed by atoms with van der Waals surface area (Å²) in [4.78, 5) is 6.94. The maximum atomic E-state index is 5.77. The number of benzene rings is 1. The predicted octanol–water partition coefficient (Wildman–Crippen LogP) is 1.56. The Morgan fingerprint density at radius 3 is 2.88 bits per heavy atom. The number of anilines is 1. The Balaban J connectivity index is 1.64. The van der Waals surface area contributed by atoms with Gasteiger partial charge in [-0.1, -0.05) is 0 Å². The molecule has 2 heterocycles. The first-order valence-electron chi connectivity index (χ1n) is 8.99. The number of likely N-dealkylation sites (N-methyl/N-ethyl adjacent to an activating group) is 1. The highest BCUT2D eigenvalue weighted by atomic mass is 16.5. The van der Waals surface area contributed by atoms with Crippen LogP contribution < -0.4 is 20.1 Å². The largest absolute Gasteiger partial charge is 0.490 e. The van der Waals surface area contributed by atoms with E-state index in [9.17, 15) is 0 Å². The fourth-order valence-electron chi connectivity index (χ4n) is 2.86. The van der Waals surface area contributed by atoms with Gasteiger partial charge in [0.1, 0.15) is 0 Å². The zero-order valence-corrected chi connectivity index (χ0v) is 15.1. The van der Waals surface area contributed by atoms with Crippen molar-refractivity contribution >= 4 is 11.6 Å². The highest BCUT2D eigenvalue weighted by Gasteiger charge is 2.17. The number of rotatable bonds is 4. The van der Waals surface area contributed by atoms with Crippen molar-refractivity contribution in [2.24, 2.45) is 4.99 Å². The first kappa shape index (κ1) is 17.8. The molecule has 2 aliphatic rings.